The maximum atomic E-state index is 12.2. The lowest BCUT2D eigenvalue weighted by molar-refractivity contribution is -0.116. The minimum Gasteiger partial charge on any atom is -0.495 e. The maximum Gasteiger partial charge on any atom is 0.225 e. The van der Waals surface area contributed by atoms with Gasteiger partial charge in [-0.3, -0.25) is 9.69 Å². The summed E-state index contributed by atoms with van der Waals surface area (Å²) >= 11 is 5.32. The van der Waals surface area contributed by atoms with Gasteiger partial charge in [-0.1, -0.05) is 12.1 Å². The number of methoxy groups -OCH3 is 1. The molecule has 0 aliphatic carbocycles. The summed E-state index contributed by atoms with van der Waals surface area (Å²) in [6.45, 7) is 5.91. The largest absolute Gasteiger partial charge is 0.495 e. The van der Waals surface area contributed by atoms with Crippen LogP contribution in [0, 0.1) is 0 Å². The average Bonchev–Trinajstić information content (AvgIpc) is 3.06. The molecule has 0 saturated carbocycles. The number of halogens is 1. The highest BCUT2D eigenvalue weighted by Gasteiger charge is 2.18. The van der Waals surface area contributed by atoms with Gasteiger partial charge < -0.3 is 15.0 Å². The molecule has 0 atom stereocenters. The van der Waals surface area contributed by atoms with Crippen LogP contribution in [0.5, 0.6) is 5.75 Å². The monoisotopic (exact) mass is 437 g/mol. The van der Waals surface area contributed by atoms with Crippen LogP contribution < -0.4 is 10.1 Å². The lowest BCUT2D eigenvalue weighted by atomic mass is 10.2. The van der Waals surface area contributed by atoms with Gasteiger partial charge in [0.25, 0.3) is 0 Å². The van der Waals surface area contributed by atoms with E-state index in [2.05, 4.69) is 43.2 Å². The summed E-state index contributed by atoms with van der Waals surface area (Å²) in [4.78, 5) is 18.5. The van der Waals surface area contributed by atoms with Gasteiger partial charge in [0.15, 0.2) is 0 Å². The Morgan fingerprint density at radius 1 is 1.15 bits per heavy atom. The van der Waals surface area contributed by atoms with Crippen molar-refractivity contribution >= 4 is 38.9 Å². The number of anilines is 1. The van der Waals surface area contributed by atoms with E-state index in [1.54, 1.807) is 18.4 Å². The maximum absolute atomic E-state index is 12.2. The number of piperazine rings is 1. The second-order valence-corrected chi connectivity index (χ2v) is 8.87. The Bertz CT molecular complexity index is 729. The topological polar surface area (TPSA) is 44.8 Å². The van der Waals surface area contributed by atoms with Crippen molar-refractivity contribution in [2.75, 3.05) is 45.2 Å². The van der Waals surface area contributed by atoms with Crippen LogP contribution in [-0.2, 0) is 11.3 Å². The molecule has 1 aliphatic heterocycles. The fraction of sp³-hybridized carbons (Fsp3) is 0.421. The quantitative estimate of drug-likeness (QED) is 0.717. The van der Waals surface area contributed by atoms with E-state index in [0.717, 1.165) is 45.0 Å². The number of thiophene rings is 1. The minimum atomic E-state index is 0.0281. The predicted octanol–water partition coefficient (Wildman–Crippen LogP) is 3.67. The third-order valence-electron chi connectivity index (χ3n) is 4.51. The Kier molecular flexibility index (Phi) is 7.07. The first-order valence-corrected chi connectivity index (χ1v) is 10.4. The SMILES string of the molecule is COc1ccccc1NC(=O)CCN1CCN(Cc2ccc(Br)s2)CC1. The molecule has 3 rings (SSSR count). The number of nitrogens with one attached hydrogen (secondary N) is 1. The van der Waals surface area contributed by atoms with Gasteiger partial charge in [0, 0.05) is 50.6 Å². The van der Waals surface area contributed by atoms with E-state index < -0.39 is 0 Å². The van der Waals surface area contributed by atoms with Gasteiger partial charge in [0.05, 0.1) is 16.6 Å². The first kappa shape index (κ1) is 19.4. The summed E-state index contributed by atoms with van der Waals surface area (Å²) in [6.07, 6.45) is 0.496. The van der Waals surface area contributed by atoms with Crippen LogP contribution >= 0.6 is 27.3 Å². The van der Waals surface area contributed by atoms with Crippen molar-refractivity contribution in [1.29, 1.82) is 0 Å². The fourth-order valence-corrected chi connectivity index (χ4v) is 4.57. The van der Waals surface area contributed by atoms with Gasteiger partial charge in [0.1, 0.15) is 5.75 Å². The Morgan fingerprint density at radius 2 is 1.88 bits per heavy atom. The fourth-order valence-electron chi connectivity index (χ4n) is 3.05. The molecular formula is C19H24BrN3O2S. The Morgan fingerprint density at radius 3 is 2.58 bits per heavy atom. The molecule has 2 heterocycles. The van der Waals surface area contributed by atoms with E-state index in [4.69, 9.17) is 4.74 Å². The lowest BCUT2D eigenvalue weighted by Crippen LogP contribution is -2.46. The second kappa shape index (κ2) is 9.50. The van der Waals surface area contributed by atoms with Crippen molar-refractivity contribution in [3.05, 3.63) is 45.1 Å². The highest BCUT2D eigenvalue weighted by Crippen LogP contribution is 2.24. The number of carbonyl (C=O) groups is 1. The number of hydrogen-bond donors (Lipinski definition) is 1. The molecule has 26 heavy (non-hydrogen) atoms. The number of hydrogen-bond acceptors (Lipinski definition) is 5. The number of benzene rings is 1. The van der Waals surface area contributed by atoms with E-state index in [9.17, 15) is 4.79 Å². The Labute approximate surface area is 167 Å². The lowest BCUT2D eigenvalue weighted by Gasteiger charge is -2.34. The molecule has 5 nitrogen and oxygen atoms in total. The van der Waals surface area contributed by atoms with Crippen LogP contribution in [0.15, 0.2) is 40.2 Å². The van der Waals surface area contributed by atoms with Gasteiger partial charge in [-0.15, -0.1) is 11.3 Å². The number of amides is 1. The molecule has 0 bridgehead atoms. The molecule has 0 radical (unpaired) electrons. The molecule has 0 spiro atoms. The smallest absolute Gasteiger partial charge is 0.225 e. The third-order valence-corrected chi connectivity index (χ3v) is 6.12. The van der Waals surface area contributed by atoms with Crippen LogP contribution in [0.25, 0.3) is 0 Å². The highest BCUT2D eigenvalue weighted by atomic mass is 79.9. The van der Waals surface area contributed by atoms with Gasteiger partial charge in [0.2, 0.25) is 5.91 Å². The molecule has 1 aromatic heterocycles. The van der Waals surface area contributed by atoms with Crippen LogP contribution in [-0.4, -0.2) is 55.5 Å². The predicted molar refractivity (Wildman–Crippen MR) is 110 cm³/mol. The second-order valence-electron chi connectivity index (χ2n) is 6.32. The summed E-state index contributed by atoms with van der Waals surface area (Å²) in [5.74, 6) is 0.718. The normalized spacial score (nSPS) is 15.8. The van der Waals surface area contributed by atoms with Crippen molar-refractivity contribution in [2.24, 2.45) is 0 Å². The van der Waals surface area contributed by atoms with Crippen molar-refractivity contribution in [1.82, 2.24) is 9.80 Å². The number of para-hydroxylation sites is 2. The van der Waals surface area contributed by atoms with Crippen molar-refractivity contribution in [3.8, 4) is 5.75 Å². The molecule has 1 saturated heterocycles. The Hall–Kier alpha value is -1.41. The number of ether oxygens (including phenoxy) is 1. The summed E-state index contributed by atoms with van der Waals surface area (Å²) < 4.78 is 6.46. The molecule has 7 heteroatoms. The van der Waals surface area contributed by atoms with Gasteiger partial charge in [-0.25, -0.2) is 0 Å². The van der Waals surface area contributed by atoms with Gasteiger partial charge in [-0.2, -0.15) is 0 Å². The molecule has 1 N–H and O–H groups in total. The zero-order valence-electron chi connectivity index (χ0n) is 14.9. The number of nitrogens with zero attached hydrogens (tertiary/aromatic N) is 2. The van der Waals surface area contributed by atoms with Crippen molar-refractivity contribution in [3.63, 3.8) is 0 Å². The van der Waals surface area contributed by atoms with Crippen LogP contribution in [0.1, 0.15) is 11.3 Å². The summed E-state index contributed by atoms with van der Waals surface area (Å²) in [7, 11) is 1.61. The molecule has 1 amide bonds. The van der Waals surface area contributed by atoms with E-state index in [0.29, 0.717) is 12.2 Å². The van der Waals surface area contributed by atoms with Crippen LogP contribution in [0.4, 0.5) is 5.69 Å². The van der Waals surface area contributed by atoms with Gasteiger partial charge in [-0.05, 0) is 40.2 Å². The molecular weight excluding hydrogens is 414 g/mol. The molecule has 0 unspecified atom stereocenters. The first-order chi connectivity index (χ1) is 12.6. The molecule has 1 aliphatic rings. The van der Waals surface area contributed by atoms with Crippen molar-refractivity contribution < 1.29 is 9.53 Å². The highest BCUT2D eigenvalue weighted by molar-refractivity contribution is 9.11. The molecule has 140 valence electrons. The first-order valence-electron chi connectivity index (χ1n) is 8.76. The number of carbonyl (C=O) groups excluding carboxylic acids is 1. The Balaban J connectivity index is 1.38. The molecule has 2 aromatic rings. The summed E-state index contributed by atoms with van der Waals surface area (Å²) in [6, 6.07) is 11.8. The van der Waals surface area contributed by atoms with Gasteiger partial charge >= 0.3 is 0 Å². The number of rotatable bonds is 7. The minimum absolute atomic E-state index is 0.0281. The standard InChI is InChI=1S/C19H24BrN3O2S/c1-25-17-5-3-2-4-16(17)21-19(24)8-9-22-10-12-23(13-11-22)14-15-6-7-18(20)26-15/h2-7H,8-14H2,1H3,(H,21,24). The summed E-state index contributed by atoms with van der Waals surface area (Å²) in [5.41, 5.74) is 0.729. The zero-order valence-corrected chi connectivity index (χ0v) is 17.3. The molecule has 1 aromatic carbocycles. The summed E-state index contributed by atoms with van der Waals surface area (Å²) in [5, 5.41) is 2.94. The van der Waals surface area contributed by atoms with Crippen LogP contribution in [0.3, 0.4) is 0 Å². The average molecular weight is 438 g/mol. The zero-order chi connectivity index (χ0) is 18.4. The van der Waals surface area contributed by atoms with E-state index in [-0.39, 0.29) is 5.91 Å². The van der Waals surface area contributed by atoms with Crippen LogP contribution in [0.2, 0.25) is 0 Å². The third kappa shape index (κ3) is 5.54. The van der Waals surface area contributed by atoms with E-state index in [1.165, 1.54) is 8.66 Å². The van der Waals surface area contributed by atoms with E-state index in [1.807, 2.05) is 24.3 Å². The molecule has 1 fully saturated rings. The van der Waals surface area contributed by atoms with Crippen molar-refractivity contribution in [2.45, 2.75) is 13.0 Å². The van der Waals surface area contributed by atoms with E-state index >= 15 is 0 Å².